The Bertz CT molecular complexity index is 715. The van der Waals surface area contributed by atoms with Gasteiger partial charge < -0.3 is 14.3 Å². The van der Waals surface area contributed by atoms with Gasteiger partial charge in [0.15, 0.2) is 5.82 Å². The van der Waals surface area contributed by atoms with Crippen molar-refractivity contribution in [1.29, 1.82) is 0 Å². The van der Waals surface area contributed by atoms with Crippen molar-refractivity contribution in [3.8, 4) is 0 Å². The Morgan fingerprint density at radius 1 is 1.20 bits per heavy atom. The smallest absolute Gasteiger partial charge is 0.223 e. The van der Waals surface area contributed by atoms with Gasteiger partial charge in [-0.25, -0.2) is 0 Å². The molecule has 0 saturated heterocycles. The summed E-state index contributed by atoms with van der Waals surface area (Å²) in [5, 5.41) is 8.37. The van der Waals surface area contributed by atoms with Crippen LogP contribution in [-0.4, -0.2) is 10.1 Å². The van der Waals surface area contributed by atoms with Crippen LogP contribution in [0.5, 0.6) is 0 Å². The molecule has 0 bridgehead atoms. The summed E-state index contributed by atoms with van der Waals surface area (Å²) in [5.74, 6) is 2.29. The van der Waals surface area contributed by atoms with Gasteiger partial charge >= 0.3 is 0 Å². The van der Waals surface area contributed by atoms with E-state index in [2.05, 4.69) is 28.4 Å². The fourth-order valence-corrected chi connectivity index (χ4v) is 2.34. The van der Waals surface area contributed by atoms with Crippen molar-refractivity contribution in [2.75, 3.05) is 0 Å². The van der Waals surface area contributed by atoms with E-state index in [9.17, 15) is 0 Å². The van der Waals surface area contributed by atoms with E-state index in [0.717, 1.165) is 24.3 Å². The second kappa shape index (κ2) is 5.46. The van der Waals surface area contributed by atoms with Crippen molar-refractivity contribution < 1.29 is 8.94 Å². The Balaban J connectivity index is 1.76. The fourth-order valence-electron chi connectivity index (χ4n) is 2.34. The van der Waals surface area contributed by atoms with Crippen LogP contribution in [0, 0.1) is 6.92 Å². The molecule has 0 radical (unpaired) electrons. The van der Waals surface area contributed by atoms with E-state index >= 15 is 0 Å². The molecule has 5 nitrogen and oxygen atoms in total. The molecule has 0 unspecified atom stereocenters. The maximum absolute atomic E-state index is 5.87. The lowest BCUT2D eigenvalue weighted by atomic mass is 10.1. The van der Waals surface area contributed by atoms with E-state index in [0.29, 0.717) is 18.3 Å². The number of furan rings is 1. The maximum atomic E-state index is 5.87. The van der Waals surface area contributed by atoms with Crippen LogP contribution < -0.4 is 5.32 Å². The van der Waals surface area contributed by atoms with Crippen molar-refractivity contribution in [2.45, 2.75) is 33.4 Å². The standard InChI is InChI=1S/C15H17N3O2/c1-3-13-12(11-6-4-5-7-14(11)19-13)8-16-9-15-17-10(2)20-18-15/h4-7,16H,3,8-9H2,1-2H3. The summed E-state index contributed by atoms with van der Waals surface area (Å²) in [4.78, 5) is 4.17. The van der Waals surface area contributed by atoms with Crippen LogP contribution in [0.1, 0.15) is 30.0 Å². The number of aromatic nitrogens is 2. The van der Waals surface area contributed by atoms with Gasteiger partial charge in [-0.05, 0) is 6.07 Å². The predicted molar refractivity (Wildman–Crippen MR) is 75.2 cm³/mol. The zero-order chi connectivity index (χ0) is 13.9. The Morgan fingerprint density at radius 3 is 2.80 bits per heavy atom. The van der Waals surface area contributed by atoms with Crippen molar-refractivity contribution in [1.82, 2.24) is 15.5 Å². The van der Waals surface area contributed by atoms with Crippen LogP contribution in [0.4, 0.5) is 0 Å². The Morgan fingerprint density at radius 2 is 2.05 bits per heavy atom. The molecule has 2 aromatic heterocycles. The molecule has 0 atom stereocenters. The maximum Gasteiger partial charge on any atom is 0.223 e. The lowest BCUT2D eigenvalue weighted by Gasteiger charge is -2.02. The van der Waals surface area contributed by atoms with E-state index in [1.54, 1.807) is 6.92 Å². The molecule has 0 saturated carbocycles. The first kappa shape index (κ1) is 12.9. The molecule has 1 aromatic carbocycles. The molecule has 3 aromatic rings. The summed E-state index contributed by atoms with van der Waals surface area (Å²) >= 11 is 0. The molecule has 3 rings (SSSR count). The molecule has 2 heterocycles. The van der Waals surface area contributed by atoms with Crippen LogP contribution in [0.3, 0.4) is 0 Å². The Labute approximate surface area is 117 Å². The topological polar surface area (TPSA) is 64.1 Å². The molecule has 0 aliphatic heterocycles. The molecule has 0 spiro atoms. The molecular formula is C15H17N3O2. The number of rotatable bonds is 5. The molecule has 0 aliphatic carbocycles. The van der Waals surface area contributed by atoms with E-state index in [1.807, 2.05) is 18.2 Å². The van der Waals surface area contributed by atoms with Crippen LogP contribution in [0.2, 0.25) is 0 Å². The highest BCUT2D eigenvalue weighted by Crippen LogP contribution is 2.26. The largest absolute Gasteiger partial charge is 0.461 e. The van der Waals surface area contributed by atoms with Gasteiger partial charge in [0.1, 0.15) is 11.3 Å². The molecule has 1 N–H and O–H groups in total. The molecule has 104 valence electrons. The van der Waals surface area contributed by atoms with E-state index in [4.69, 9.17) is 8.94 Å². The number of aryl methyl sites for hydroxylation is 2. The second-order valence-electron chi connectivity index (χ2n) is 4.69. The Hall–Kier alpha value is -2.14. The van der Waals surface area contributed by atoms with Gasteiger partial charge in [0.2, 0.25) is 5.89 Å². The lowest BCUT2D eigenvalue weighted by Crippen LogP contribution is -2.14. The normalized spacial score (nSPS) is 11.3. The van der Waals surface area contributed by atoms with Crippen molar-refractivity contribution in [2.24, 2.45) is 0 Å². The summed E-state index contributed by atoms with van der Waals surface area (Å²) in [5.41, 5.74) is 2.15. The third-order valence-corrected chi connectivity index (χ3v) is 3.26. The molecular weight excluding hydrogens is 254 g/mol. The molecule has 0 amide bonds. The van der Waals surface area contributed by atoms with Crippen molar-refractivity contribution >= 4 is 11.0 Å². The summed E-state index contributed by atoms with van der Waals surface area (Å²) in [6.45, 7) is 5.20. The monoisotopic (exact) mass is 271 g/mol. The summed E-state index contributed by atoms with van der Waals surface area (Å²) in [7, 11) is 0. The summed E-state index contributed by atoms with van der Waals surface area (Å²) in [6.07, 6.45) is 0.882. The minimum absolute atomic E-state index is 0.583. The summed E-state index contributed by atoms with van der Waals surface area (Å²) < 4.78 is 10.8. The van der Waals surface area contributed by atoms with Crippen molar-refractivity contribution in [3.05, 3.63) is 47.3 Å². The number of nitrogens with zero attached hydrogens (tertiary/aromatic N) is 2. The highest BCUT2D eigenvalue weighted by Gasteiger charge is 2.12. The second-order valence-corrected chi connectivity index (χ2v) is 4.69. The van der Waals surface area contributed by atoms with Gasteiger partial charge in [0.05, 0.1) is 6.54 Å². The van der Waals surface area contributed by atoms with Gasteiger partial charge in [-0.3, -0.25) is 0 Å². The molecule has 20 heavy (non-hydrogen) atoms. The third kappa shape index (κ3) is 2.44. The van der Waals surface area contributed by atoms with Gasteiger partial charge in [-0.1, -0.05) is 30.3 Å². The summed E-state index contributed by atoms with van der Waals surface area (Å²) in [6, 6.07) is 8.11. The van der Waals surface area contributed by atoms with E-state index in [1.165, 1.54) is 10.9 Å². The first-order valence-corrected chi connectivity index (χ1v) is 6.77. The third-order valence-electron chi connectivity index (χ3n) is 3.26. The number of hydrogen-bond donors (Lipinski definition) is 1. The van der Waals surface area contributed by atoms with E-state index in [-0.39, 0.29) is 0 Å². The van der Waals surface area contributed by atoms with E-state index < -0.39 is 0 Å². The first-order chi connectivity index (χ1) is 9.78. The molecule has 5 heteroatoms. The fraction of sp³-hybridized carbons (Fsp3) is 0.333. The first-order valence-electron chi connectivity index (χ1n) is 6.77. The lowest BCUT2D eigenvalue weighted by molar-refractivity contribution is 0.385. The zero-order valence-electron chi connectivity index (χ0n) is 11.6. The number of hydrogen-bond acceptors (Lipinski definition) is 5. The van der Waals surface area contributed by atoms with Gasteiger partial charge in [-0.15, -0.1) is 0 Å². The minimum Gasteiger partial charge on any atom is -0.461 e. The number of fused-ring (bicyclic) bond motifs is 1. The average molecular weight is 271 g/mol. The quantitative estimate of drug-likeness (QED) is 0.773. The van der Waals surface area contributed by atoms with Gasteiger partial charge in [-0.2, -0.15) is 4.98 Å². The highest BCUT2D eigenvalue weighted by molar-refractivity contribution is 5.82. The number of para-hydroxylation sites is 1. The minimum atomic E-state index is 0.583. The van der Waals surface area contributed by atoms with Crippen molar-refractivity contribution in [3.63, 3.8) is 0 Å². The van der Waals surface area contributed by atoms with Crippen LogP contribution in [-0.2, 0) is 19.5 Å². The predicted octanol–water partition coefficient (Wildman–Crippen LogP) is 2.98. The van der Waals surface area contributed by atoms with Crippen LogP contribution in [0.15, 0.2) is 33.2 Å². The van der Waals surface area contributed by atoms with Crippen LogP contribution >= 0.6 is 0 Å². The Kier molecular flexibility index (Phi) is 3.52. The SMILES string of the molecule is CCc1oc2ccccc2c1CNCc1noc(C)n1. The zero-order valence-corrected chi connectivity index (χ0v) is 11.6. The molecule has 0 aliphatic rings. The van der Waals surface area contributed by atoms with Gasteiger partial charge in [0.25, 0.3) is 0 Å². The van der Waals surface area contributed by atoms with Crippen LogP contribution in [0.25, 0.3) is 11.0 Å². The molecule has 0 fully saturated rings. The van der Waals surface area contributed by atoms with Gasteiger partial charge in [0, 0.05) is 30.8 Å². The highest BCUT2D eigenvalue weighted by atomic mass is 16.5. The average Bonchev–Trinajstić information content (AvgIpc) is 3.03. The number of nitrogens with one attached hydrogen (secondary N) is 1. The number of benzene rings is 1.